The second-order valence-electron chi connectivity index (χ2n) is 8.90. The molecule has 1 heterocycles. The Bertz CT molecular complexity index is 1490. The quantitative estimate of drug-likeness (QED) is 0.197. The summed E-state index contributed by atoms with van der Waals surface area (Å²) in [6, 6.07) is 28.6. The van der Waals surface area contributed by atoms with Gasteiger partial charge in [0, 0.05) is 28.4 Å². The van der Waals surface area contributed by atoms with Crippen LogP contribution in [0.25, 0.3) is 21.8 Å². The fourth-order valence-electron chi connectivity index (χ4n) is 4.28. The average molecular weight is 496 g/mol. The Morgan fingerprint density at radius 3 is 2.35 bits per heavy atom. The average Bonchev–Trinajstić information content (AvgIpc) is 3.30. The first-order chi connectivity index (χ1) is 18.1. The molecule has 1 unspecified atom stereocenters. The highest BCUT2D eigenvalue weighted by atomic mass is 16.5. The number of carbonyl (C=O) groups is 1. The molecule has 7 nitrogen and oxygen atoms in total. The summed E-state index contributed by atoms with van der Waals surface area (Å²) in [6.45, 7) is 1.37. The fourth-order valence-corrected chi connectivity index (χ4v) is 4.28. The van der Waals surface area contributed by atoms with E-state index < -0.39 is 12.0 Å². The molecule has 0 fully saturated rings. The summed E-state index contributed by atoms with van der Waals surface area (Å²) in [7, 11) is 0. The number of aliphatic hydroxyl groups excluding tert-OH is 1. The van der Waals surface area contributed by atoms with Crippen LogP contribution in [0.3, 0.4) is 0 Å². The van der Waals surface area contributed by atoms with Crippen molar-refractivity contribution < 1.29 is 19.4 Å². The van der Waals surface area contributed by atoms with Crippen molar-refractivity contribution in [3.05, 3.63) is 102 Å². The van der Waals surface area contributed by atoms with Gasteiger partial charge in [-0.25, -0.2) is 0 Å². The lowest BCUT2D eigenvalue weighted by molar-refractivity contribution is 0.1000. The number of ether oxygens (including phenoxy) is 2. The topological polar surface area (TPSA) is 110 Å². The highest BCUT2D eigenvalue weighted by Gasteiger charge is 2.11. The number of fused-ring (bicyclic) bond motifs is 3. The number of carbonyl (C=O) groups excluding carboxylic acids is 1. The van der Waals surface area contributed by atoms with Gasteiger partial charge in [0.05, 0.1) is 5.52 Å². The molecule has 4 aromatic carbocycles. The van der Waals surface area contributed by atoms with Crippen LogP contribution in [0.15, 0.2) is 91.0 Å². The maximum atomic E-state index is 11.2. The second-order valence-corrected chi connectivity index (χ2v) is 8.90. The third-order valence-electron chi connectivity index (χ3n) is 6.19. The Balaban J connectivity index is 1.06. The summed E-state index contributed by atoms with van der Waals surface area (Å²) >= 11 is 0. The number of nitrogens with two attached hydrogens (primary N) is 1. The lowest BCUT2D eigenvalue weighted by atomic mass is 10.1. The summed E-state index contributed by atoms with van der Waals surface area (Å²) in [5, 5.41) is 15.9. The summed E-state index contributed by atoms with van der Waals surface area (Å²) in [5.74, 6) is 1.64. The summed E-state index contributed by atoms with van der Waals surface area (Å²) in [5.41, 5.74) is 8.94. The molecule has 0 radical (unpaired) electrons. The molecule has 188 valence electrons. The number of nitrogens with one attached hydrogen (secondary N) is 2. The van der Waals surface area contributed by atoms with E-state index in [0.29, 0.717) is 23.6 Å². The largest absolute Gasteiger partial charge is 0.490 e. The van der Waals surface area contributed by atoms with Crippen LogP contribution in [0.4, 0.5) is 0 Å². The lowest BCUT2D eigenvalue weighted by Crippen LogP contribution is -2.32. The fraction of sp³-hybridized carbons (Fsp3) is 0.167. The number of hydrogen-bond acceptors (Lipinski definition) is 5. The molecule has 5 rings (SSSR count). The third-order valence-corrected chi connectivity index (χ3v) is 6.19. The van der Waals surface area contributed by atoms with Crippen LogP contribution < -0.4 is 20.5 Å². The maximum Gasteiger partial charge on any atom is 0.248 e. The maximum absolute atomic E-state index is 11.2. The molecule has 0 aliphatic carbocycles. The molecular formula is C30H29N3O4. The summed E-state index contributed by atoms with van der Waals surface area (Å²) in [6.07, 6.45) is 0.188. The first-order valence-corrected chi connectivity index (χ1v) is 12.2. The number of para-hydroxylation sites is 1. The minimum absolute atomic E-state index is 0.206. The van der Waals surface area contributed by atoms with Crippen LogP contribution in [-0.4, -0.2) is 41.8 Å². The minimum Gasteiger partial charge on any atom is -0.490 e. The lowest BCUT2D eigenvalue weighted by Gasteiger charge is -2.14. The number of rotatable bonds is 11. The molecule has 1 aromatic heterocycles. The monoisotopic (exact) mass is 495 g/mol. The van der Waals surface area contributed by atoms with Gasteiger partial charge in [0.15, 0.2) is 0 Å². The Morgan fingerprint density at radius 2 is 1.59 bits per heavy atom. The van der Waals surface area contributed by atoms with Crippen molar-refractivity contribution in [2.75, 3.05) is 19.7 Å². The highest BCUT2D eigenvalue weighted by Crippen LogP contribution is 2.33. The van der Waals surface area contributed by atoms with Crippen molar-refractivity contribution in [1.29, 1.82) is 0 Å². The van der Waals surface area contributed by atoms with Gasteiger partial charge >= 0.3 is 0 Å². The Hall–Kier alpha value is -4.33. The van der Waals surface area contributed by atoms with Crippen molar-refractivity contribution in [1.82, 2.24) is 10.3 Å². The van der Waals surface area contributed by atoms with Gasteiger partial charge in [-0.15, -0.1) is 0 Å². The molecule has 1 amide bonds. The molecule has 0 bridgehead atoms. The van der Waals surface area contributed by atoms with Crippen LogP contribution in [-0.2, 0) is 6.42 Å². The van der Waals surface area contributed by atoms with Crippen molar-refractivity contribution in [3.8, 4) is 17.2 Å². The number of aromatic amines is 1. The van der Waals surface area contributed by atoms with E-state index in [4.69, 9.17) is 15.2 Å². The van der Waals surface area contributed by atoms with Crippen LogP contribution in [0.1, 0.15) is 15.9 Å². The van der Waals surface area contributed by atoms with Crippen molar-refractivity contribution in [3.63, 3.8) is 0 Å². The second kappa shape index (κ2) is 11.2. The van der Waals surface area contributed by atoms with Crippen LogP contribution in [0.5, 0.6) is 17.2 Å². The SMILES string of the molecule is NC(=O)c1ccc(Oc2ccc(CCNCC(O)COc3cccc4[nH]c5ccccc5c34)cc2)cc1. The zero-order chi connectivity index (χ0) is 25.6. The smallest absolute Gasteiger partial charge is 0.248 e. The van der Waals surface area contributed by atoms with E-state index in [1.165, 1.54) is 0 Å². The number of amides is 1. The first-order valence-electron chi connectivity index (χ1n) is 12.2. The molecule has 7 heteroatoms. The zero-order valence-electron chi connectivity index (χ0n) is 20.3. The van der Waals surface area contributed by atoms with E-state index in [0.717, 1.165) is 46.1 Å². The van der Waals surface area contributed by atoms with E-state index >= 15 is 0 Å². The van der Waals surface area contributed by atoms with Crippen LogP contribution >= 0.6 is 0 Å². The van der Waals surface area contributed by atoms with Gasteiger partial charge in [0.2, 0.25) is 5.91 Å². The molecule has 0 aliphatic heterocycles. The Morgan fingerprint density at radius 1 is 0.892 bits per heavy atom. The van der Waals surface area contributed by atoms with Crippen LogP contribution in [0.2, 0.25) is 0 Å². The predicted octanol–water partition coefficient (Wildman–Crippen LogP) is 4.78. The minimum atomic E-state index is -0.628. The summed E-state index contributed by atoms with van der Waals surface area (Å²) in [4.78, 5) is 14.6. The van der Waals surface area contributed by atoms with E-state index in [1.807, 2.05) is 60.7 Å². The van der Waals surface area contributed by atoms with Crippen molar-refractivity contribution in [2.24, 2.45) is 5.73 Å². The van der Waals surface area contributed by atoms with E-state index in [2.05, 4.69) is 16.4 Å². The molecule has 5 aromatic rings. The molecule has 0 saturated carbocycles. The number of benzene rings is 4. The van der Waals surface area contributed by atoms with Gasteiger partial charge in [-0.2, -0.15) is 0 Å². The van der Waals surface area contributed by atoms with Gasteiger partial charge < -0.3 is 30.6 Å². The standard InChI is InChI=1S/C30H29N3O4/c31-30(35)21-10-14-24(15-11-21)37-23-12-8-20(9-13-23)16-17-32-18-22(34)19-36-28-7-3-6-27-29(28)25-4-1-2-5-26(25)33-27/h1-15,22,32-34H,16-19H2,(H2,31,35). The molecule has 37 heavy (non-hydrogen) atoms. The zero-order valence-corrected chi connectivity index (χ0v) is 20.3. The normalized spacial score (nSPS) is 12.0. The predicted molar refractivity (Wildman–Crippen MR) is 145 cm³/mol. The first kappa shape index (κ1) is 24.4. The number of aliphatic hydroxyl groups is 1. The highest BCUT2D eigenvalue weighted by molar-refractivity contribution is 6.10. The molecule has 0 spiro atoms. The van der Waals surface area contributed by atoms with Crippen molar-refractivity contribution >= 4 is 27.7 Å². The van der Waals surface area contributed by atoms with Gasteiger partial charge in [0.1, 0.15) is 30.0 Å². The molecule has 0 aliphatic rings. The van der Waals surface area contributed by atoms with Gasteiger partial charge in [-0.1, -0.05) is 36.4 Å². The van der Waals surface area contributed by atoms with E-state index in [9.17, 15) is 9.90 Å². The van der Waals surface area contributed by atoms with Gasteiger partial charge in [0.25, 0.3) is 0 Å². The van der Waals surface area contributed by atoms with Gasteiger partial charge in [-0.3, -0.25) is 4.79 Å². The number of hydrogen-bond donors (Lipinski definition) is 4. The number of primary amides is 1. The molecule has 5 N–H and O–H groups in total. The molecule has 1 atom stereocenters. The van der Waals surface area contributed by atoms with Crippen molar-refractivity contribution in [2.45, 2.75) is 12.5 Å². The van der Waals surface area contributed by atoms with E-state index in [1.54, 1.807) is 24.3 Å². The van der Waals surface area contributed by atoms with Crippen LogP contribution in [0, 0.1) is 0 Å². The van der Waals surface area contributed by atoms with E-state index in [-0.39, 0.29) is 6.61 Å². The summed E-state index contributed by atoms with van der Waals surface area (Å²) < 4.78 is 11.8. The van der Waals surface area contributed by atoms with Gasteiger partial charge in [-0.05, 0) is 73.1 Å². The Labute approximate surface area is 214 Å². The number of aromatic nitrogens is 1. The molecule has 0 saturated heterocycles. The Kier molecular flexibility index (Phi) is 7.35. The number of H-pyrrole nitrogens is 1. The third kappa shape index (κ3) is 5.91. The molecular weight excluding hydrogens is 466 g/mol.